The molecule has 0 radical (unpaired) electrons. The summed E-state index contributed by atoms with van der Waals surface area (Å²) in [6.07, 6.45) is 1.99. The number of ether oxygens (including phenoxy) is 1. The van der Waals surface area contributed by atoms with Gasteiger partial charge in [0.2, 0.25) is 0 Å². The van der Waals surface area contributed by atoms with Gasteiger partial charge in [-0.1, -0.05) is 0 Å². The summed E-state index contributed by atoms with van der Waals surface area (Å²) in [7, 11) is 0. The second-order valence-corrected chi connectivity index (χ2v) is 7.90. The van der Waals surface area contributed by atoms with Gasteiger partial charge in [0, 0.05) is 34.6 Å². The number of hydrogen-bond donors (Lipinski definition) is 2. The van der Waals surface area contributed by atoms with E-state index < -0.39 is 23.7 Å². The summed E-state index contributed by atoms with van der Waals surface area (Å²) >= 11 is 4.75. The summed E-state index contributed by atoms with van der Waals surface area (Å²) in [5, 5.41) is 9.54. The van der Waals surface area contributed by atoms with Crippen LogP contribution in [-0.2, 0) is 0 Å². The number of aromatic amines is 1. The predicted octanol–water partition coefficient (Wildman–Crippen LogP) is 5.77. The van der Waals surface area contributed by atoms with E-state index in [-0.39, 0.29) is 5.75 Å². The van der Waals surface area contributed by atoms with Crippen LogP contribution < -0.4 is 10.1 Å². The number of carbonyl (C=O) groups is 1. The van der Waals surface area contributed by atoms with Crippen LogP contribution in [0.1, 0.15) is 30.2 Å². The average Bonchev–Trinajstić information content (AvgIpc) is 3.43. The topological polar surface area (TPSA) is 84.8 Å². The van der Waals surface area contributed by atoms with E-state index in [0.29, 0.717) is 33.5 Å². The number of rotatable bonds is 7. The molecule has 1 amide bonds. The number of nitrogens with zero attached hydrogens (tertiary/aromatic N) is 3. The molecule has 11 heteroatoms. The van der Waals surface area contributed by atoms with Crippen LogP contribution in [0.3, 0.4) is 0 Å². The summed E-state index contributed by atoms with van der Waals surface area (Å²) in [4.78, 5) is 17.3. The van der Waals surface area contributed by atoms with Crippen molar-refractivity contribution in [2.45, 2.75) is 31.6 Å². The number of aromatic nitrogens is 4. The summed E-state index contributed by atoms with van der Waals surface area (Å²) in [5.41, 5.74) is -0.731. The molecular formula is C22H19ClF3N5O2. The van der Waals surface area contributed by atoms with Crippen molar-refractivity contribution < 1.29 is 22.7 Å². The second-order valence-electron chi connectivity index (χ2n) is 7.46. The van der Waals surface area contributed by atoms with Gasteiger partial charge in [-0.15, -0.1) is 8.78 Å². The minimum absolute atomic E-state index is 0.155. The minimum Gasteiger partial charge on any atom is -0.420 e. The van der Waals surface area contributed by atoms with E-state index in [0.717, 1.165) is 0 Å². The van der Waals surface area contributed by atoms with Gasteiger partial charge in [-0.25, -0.2) is 9.37 Å². The zero-order valence-corrected chi connectivity index (χ0v) is 18.3. The number of imidazole rings is 1. The highest BCUT2D eigenvalue weighted by atomic mass is 35.5. The fourth-order valence-electron chi connectivity index (χ4n) is 3.39. The highest BCUT2D eigenvalue weighted by Gasteiger charge is 2.27. The first-order chi connectivity index (χ1) is 15.6. The third kappa shape index (κ3) is 4.95. The molecule has 4 rings (SSSR count). The highest BCUT2D eigenvalue weighted by Crippen LogP contribution is 2.32. The van der Waals surface area contributed by atoms with Gasteiger partial charge in [0.05, 0.1) is 29.1 Å². The Balaban J connectivity index is 1.68. The van der Waals surface area contributed by atoms with E-state index in [4.69, 9.17) is 11.6 Å². The van der Waals surface area contributed by atoms with E-state index in [1.54, 1.807) is 42.2 Å². The van der Waals surface area contributed by atoms with Gasteiger partial charge in [-0.3, -0.25) is 9.89 Å². The van der Waals surface area contributed by atoms with Crippen LogP contribution in [-0.4, -0.2) is 37.4 Å². The zero-order chi connectivity index (χ0) is 23.8. The molecule has 2 atom stereocenters. The number of amides is 1. The van der Waals surface area contributed by atoms with Gasteiger partial charge in [-0.05, 0) is 56.3 Å². The zero-order valence-electron chi connectivity index (χ0n) is 17.5. The number of H-pyrrole nitrogens is 1. The molecular weight excluding hydrogens is 459 g/mol. The molecule has 0 aliphatic rings. The van der Waals surface area contributed by atoms with Crippen molar-refractivity contribution in [3.63, 3.8) is 0 Å². The Hall–Kier alpha value is -3.53. The molecule has 172 valence electrons. The molecule has 0 aliphatic carbocycles. The summed E-state index contributed by atoms with van der Waals surface area (Å²) in [6.45, 7) is 3.22. The number of hydrogen-bond acceptors (Lipinski definition) is 4. The molecule has 0 saturated carbocycles. The molecule has 7 nitrogen and oxygen atoms in total. The minimum atomic E-state index is -3.83. The van der Waals surface area contributed by atoms with Gasteiger partial charge >= 0.3 is 5.57 Å². The first-order valence-corrected chi connectivity index (χ1v) is 10.3. The van der Waals surface area contributed by atoms with Crippen LogP contribution in [0.2, 0.25) is 0 Å². The molecule has 1 unspecified atom stereocenters. The molecule has 2 aromatic heterocycles. The van der Waals surface area contributed by atoms with Crippen molar-refractivity contribution in [3.05, 3.63) is 60.6 Å². The van der Waals surface area contributed by atoms with Crippen LogP contribution in [0.5, 0.6) is 5.75 Å². The van der Waals surface area contributed by atoms with Crippen molar-refractivity contribution >= 4 is 34.2 Å². The fourth-order valence-corrected chi connectivity index (χ4v) is 3.48. The fraction of sp³-hybridized carbons (Fsp3) is 0.227. The molecule has 2 heterocycles. The van der Waals surface area contributed by atoms with Gasteiger partial charge < -0.3 is 14.6 Å². The lowest BCUT2D eigenvalue weighted by Gasteiger charge is -2.17. The number of benzene rings is 2. The van der Waals surface area contributed by atoms with Crippen molar-refractivity contribution in [1.29, 1.82) is 0 Å². The Labute approximate surface area is 191 Å². The number of carbonyl (C=O) groups excluding carboxylic acids is 1. The maximum atomic E-state index is 14.0. The highest BCUT2D eigenvalue weighted by molar-refractivity contribution is 6.20. The molecule has 0 fully saturated rings. The number of alkyl halides is 4. The van der Waals surface area contributed by atoms with Gasteiger partial charge in [0.25, 0.3) is 5.91 Å². The monoisotopic (exact) mass is 477 g/mol. The summed E-state index contributed by atoms with van der Waals surface area (Å²) in [5.74, 6) is -0.604. The van der Waals surface area contributed by atoms with Crippen LogP contribution >= 0.6 is 11.6 Å². The van der Waals surface area contributed by atoms with Gasteiger partial charge in [0.15, 0.2) is 0 Å². The third-order valence-electron chi connectivity index (χ3n) is 5.17. The van der Waals surface area contributed by atoms with E-state index in [1.165, 1.54) is 31.2 Å². The Morgan fingerprint density at radius 2 is 1.94 bits per heavy atom. The molecule has 4 aromatic rings. The predicted molar refractivity (Wildman–Crippen MR) is 118 cm³/mol. The standard InChI is InChI=1S/C22H19ClF3N5O2/c1-12(24)13(2)31-11-27-19-10-14(9-17(20(19)31)18-7-8-28-30-18)21(32)29-15-3-5-16(6-4-15)33-22(23,25)26/h3-13H,1-2H3,(H,28,30)(H,29,32)/t12?,13-/m1/s1. The lowest BCUT2D eigenvalue weighted by Crippen LogP contribution is -2.16. The van der Waals surface area contributed by atoms with E-state index in [9.17, 15) is 18.0 Å². The Morgan fingerprint density at radius 3 is 2.55 bits per heavy atom. The van der Waals surface area contributed by atoms with Crippen LogP contribution in [0.4, 0.5) is 18.9 Å². The maximum absolute atomic E-state index is 14.0. The lowest BCUT2D eigenvalue weighted by atomic mass is 10.0. The van der Waals surface area contributed by atoms with E-state index >= 15 is 0 Å². The van der Waals surface area contributed by atoms with Crippen LogP contribution in [0.25, 0.3) is 22.3 Å². The third-order valence-corrected chi connectivity index (χ3v) is 5.25. The van der Waals surface area contributed by atoms with Crippen molar-refractivity contribution in [2.75, 3.05) is 5.32 Å². The van der Waals surface area contributed by atoms with E-state index in [2.05, 4.69) is 25.2 Å². The number of fused-ring (bicyclic) bond motifs is 1. The summed E-state index contributed by atoms with van der Waals surface area (Å²) < 4.78 is 45.5. The molecule has 0 bridgehead atoms. The average molecular weight is 478 g/mol. The molecule has 0 saturated heterocycles. The molecule has 2 N–H and O–H groups in total. The molecule has 2 aromatic carbocycles. The van der Waals surface area contributed by atoms with Gasteiger partial charge in [0.1, 0.15) is 11.9 Å². The molecule has 0 aliphatic heterocycles. The Kier molecular flexibility index (Phi) is 6.03. The quantitative estimate of drug-likeness (QED) is 0.331. The normalized spacial score (nSPS) is 13.6. The molecule has 33 heavy (non-hydrogen) atoms. The first kappa shape index (κ1) is 22.7. The SMILES string of the molecule is CC(F)[C@@H](C)n1cnc2cc(C(=O)Nc3ccc(OC(F)(F)Cl)cc3)cc(-c3ccn[nH]3)c21. The van der Waals surface area contributed by atoms with Crippen LogP contribution in [0.15, 0.2) is 55.0 Å². The molecule has 0 spiro atoms. The maximum Gasteiger partial charge on any atom is 0.487 e. The van der Waals surface area contributed by atoms with Gasteiger partial charge in [-0.2, -0.15) is 5.10 Å². The number of anilines is 1. The Morgan fingerprint density at radius 1 is 1.21 bits per heavy atom. The van der Waals surface area contributed by atoms with E-state index in [1.807, 2.05) is 0 Å². The largest absolute Gasteiger partial charge is 0.487 e. The van der Waals surface area contributed by atoms with Crippen molar-refractivity contribution in [2.24, 2.45) is 0 Å². The lowest BCUT2D eigenvalue weighted by molar-refractivity contribution is -0.0964. The van der Waals surface area contributed by atoms with Crippen molar-refractivity contribution in [1.82, 2.24) is 19.7 Å². The first-order valence-electron chi connectivity index (χ1n) is 9.94. The second kappa shape index (κ2) is 8.78. The number of nitrogens with one attached hydrogen (secondary N) is 2. The smallest absolute Gasteiger partial charge is 0.420 e. The van der Waals surface area contributed by atoms with Crippen LogP contribution in [0, 0.1) is 0 Å². The Bertz CT molecular complexity index is 1270. The van der Waals surface area contributed by atoms with Crippen molar-refractivity contribution in [3.8, 4) is 17.0 Å². The summed E-state index contributed by atoms with van der Waals surface area (Å²) in [6, 6.07) is 9.85. The number of halogens is 4.